The van der Waals surface area contributed by atoms with Gasteiger partial charge in [-0.3, -0.25) is 4.68 Å². The van der Waals surface area contributed by atoms with Crippen LogP contribution in [0.25, 0.3) is 0 Å². The first-order chi connectivity index (χ1) is 6.86. The summed E-state index contributed by atoms with van der Waals surface area (Å²) in [7, 11) is 0. The largest absolute Gasteiger partial charge is 0.380 e. The van der Waals surface area contributed by atoms with E-state index >= 15 is 0 Å². The van der Waals surface area contributed by atoms with Crippen LogP contribution in [0.4, 0.5) is 0 Å². The monoisotopic (exact) mass is 193 g/mol. The highest BCUT2D eigenvalue weighted by molar-refractivity contribution is 5.29. The molecule has 0 unspecified atom stereocenters. The van der Waals surface area contributed by atoms with Gasteiger partial charge in [-0.1, -0.05) is 11.8 Å². The lowest BCUT2D eigenvalue weighted by Gasteiger charge is -2.00. The molecule has 1 heterocycles. The van der Waals surface area contributed by atoms with Crippen LogP contribution >= 0.6 is 0 Å². The van der Waals surface area contributed by atoms with Gasteiger partial charge in [0.2, 0.25) is 0 Å². The second kappa shape index (κ2) is 6.19. The van der Waals surface area contributed by atoms with Crippen molar-refractivity contribution in [3.05, 3.63) is 18.0 Å². The number of aromatic nitrogens is 2. The van der Waals surface area contributed by atoms with Gasteiger partial charge in [0, 0.05) is 12.8 Å². The summed E-state index contributed by atoms with van der Waals surface area (Å²) in [5.74, 6) is 5.69. The van der Waals surface area contributed by atoms with Gasteiger partial charge in [0.15, 0.2) is 0 Å². The zero-order valence-electron chi connectivity index (χ0n) is 8.36. The van der Waals surface area contributed by atoms with Crippen LogP contribution in [-0.4, -0.2) is 29.5 Å². The molecule has 0 aliphatic carbocycles. The van der Waals surface area contributed by atoms with E-state index in [4.69, 9.17) is 10.5 Å². The summed E-state index contributed by atoms with van der Waals surface area (Å²) in [6, 6.07) is 0. The molecule has 0 atom stereocenters. The molecule has 0 saturated carbocycles. The molecule has 0 aliphatic heterocycles. The van der Waals surface area contributed by atoms with Crippen LogP contribution in [0.5, 0.6) is 0 Å². The molecule has 0 spiro atoms. The number of rotatable bonds is 4. The first kappa shape index (κ1) is 10.8. The van der Waals surface area contributed by atoms with Crippen LogP contribution < -0.4 is 5.73 Å². The summed E-state index contributed by atoms with van der Waals surface area (Å²) in [6.07, 6.45) is 3.62. The highest BCUT2D eigenvalue weighted by atomic mass is 16.5. The maximum absolute atomic E-state index is 5.26. The molecule has 0 bridgehead atoms. The van der Waals surface area contributed by atoms with Crippen molar-refractivity contribution in [2.24, 2.45) is 5.73 Å². The summed E-state index contributed by atoms with van der Waals surface area (Å²) in [5, 5.41) is 4.13. The SMILES string of the molecule is CCOCCn1cc(C#CCN)cn1. The van der Waals surface area contributed by atoms with Crippen molar-refractivity contribution in [2.45, 2.75) is 13.5 Å². The number of nitrogens with zero attached hydrogens (tertiary/aromatic N) is 2. The number of ether oxygens (including phenoxy) is 1. The lowest BCUT2D eigenvalue weighted by molar-refractivity contribution is 0.136. The molecule has 2 N–H and O–H groups in total. The van der Waals surface area contributed by atoms with Gasteiger partial charge in [0.05, 0.1) is 31.5 Å². The Bertz CT molecular complexity index is 322. The molecular formula is C10H15N3O. The summed E-state index contributed by atoms with van der Waals surface area (Å²) in [4.78, 5) is 0. The molecule has 4 nitrogen and oxygen atoms in total. The Kier molecular flexibility index (Phi) is 4.76. The van der Waals surface area contributed by atoms with Crippen LogP contribution in [0.2, 0.25) is 0 Å². The molecule has 0 radical (unpaired) electrons. The maximum Gasteiger partial charge on any atom is 0.0662 e. The van der Waals surface area contributed by atoms with E-state index in [0.29, 0.717) is 13.2 Å². The predicted octanol–water partition coefficient (Wildman–Crippen LogP) is 0.230. The summed E-state index contributed by atoms with van der Waals surface area (Å²) in [6.45, 7) is 4.53. The van der Waals surface area contributed by atoms with Gasteiger partial charge in [-0.2, -0.15) is 5.10 Å². The molecule has 0 amide bonds. The maximum atomic E-state index is 5.26. The fourth-order valence-electron chi connectivity index (χ4n) is 1.01. The van der Waals surface area contributed by atoms with Crippen molar-refractivity contribution < 1.29 is 4.74 Å². The Morgan fingerprint density at radius 2 is 2.50 bits per heavy atom. The quantitative estimate of drug-likeness (QED) is 0.550. The minimum Gasteiger partial charge on any atom is -0.380 e. The second-order valence-corrected chi connectivity index (χ2v) is 2.69. The van der Waals surface area contributed by atoms with E-state index in [1.54, 1.807) is 6.20 Å². The Morgan fingerprint density at radius 3 is 3.21 bits per heavy atom. The minimum absolute atomic E-state index is 0.379. The van der Waals surface area contributed by atoms with E-state index < -0.39 is 0 Å². The van der Waals surface area contributed by atoms with Gasteiger partial charge >= 0.3 is 0 Å². The molecular weight excluding hydrogens is 178 g/mol. The van der Waals surface area contributed by atoms with Crippen molar-refractivity contribution in [2.75, 3.05) is 19.8 Å². The fourth-order valence-corrected chi connectivity index (χ4v) is 1.01. The second-order valence-electron chi connectivity index (χ2n) is 2.69. The Morgan fingerprint density at radius 1 is 1.64 bits per heavy atom. The zero-order chi connectivity index (χ0) is 10.2. The smallest absolute Gasteiger partial charge is 0.0662 e. The fraction of sp³-hybridized carbons (Fsp3) is 0.500. The van der Waals surface area contributed by atoms with Crippen LogP contribution in [0, 0.1) is 11.8 Å². The van der Waals surface area contributed by atoms with Crippen LogP contribution in [-0.2, 0) is 11.3 Å². The average Bonchev–Trinajstić information content (AvgIpc) is 2.63. The van der Waals surface area contributed by atoms with E-state index in [2.05, 4.69) is 16.9 Å². The molecule has 4 heteroatoms. The molecule has 1 aromatic rings. The summed E-state index contributed by atoms with van der Waals surface area (Å²) >= 11 is 0. The topological polar surface area (TPSA) is 53.1 Å². The van der Waals surface area contributed by atoms with Gasteiger partial charge in [-0.05, 0) is 6.92 Å². The first-order valence-corrected chi connectivity index (χ1v) is 4.66. The Balaban J connectivity index is 2.42. The van der Waals surface area contributed by atoms with Gasteiger partial charge in [0.1, 0.15) is 0 Å². The van der Waals surface area contributed by atoms with E-state index in [1.165, 1.54) is 0 Å². The Hall–Kier alpha value is -1.31. The molecule has 0 aromatic carbocycles. The minimum atomic E-state index is 0.379. The van der Waals surface area contributed by atoms with E-state index in [1.807, 2.05) is 17.8 Å². The third kappa shape index (κ3) is 3.60. The van der Waals surface area contributed by atoms with E-state index in [9.17, 15) is 0 Å². The molecule has 1 aromatic heterocycles. The Labute approximate surface area is 84.0 Å². The average molecular weight is 193 g/mol. The molecule has 1 rings (SSSR count). The van der Waals surface area contributed by atoms with E-state index in [0.717, 1.165) is 18.7 Å². The van der Waals surface area contributed by atoms with Crippen LogP contribution in [0.15, 0.2) is 12.4 Å². The molecule has 76 valence electrons. The van der Waals surface area contributed by atoms with Crippen molar-refractivity contribution in [1.82, 2.24) is 9.78 Å². The number of hydrogen-bond donors (Lipinski definition) is 1. The van der Waals surface area contributed by atoms with Gasteiger partial charge in [-0.15, -0.1) is 0 Å². The standard InChI is InChI=1S/C10H15N3O/c1-2-14-7-6-13-9-10(8-12-13)4-3-5-11/h8-9H,2,5-7,11H2,1H3. The van der Waals surface area contributed by atoms with Gasteiger partial charge in [0.25, 0.3) is 0 Å². The van der Waals surface area contributed by atoms with Gasteiger partial charge in [-0.25, -0.2) is 0 Å². The third-order valence-corrected chi connectivity index (χ3v) is 1.64. The van der Waals surface area contributed by atoms with Gasteiger partial charge < -0.3 is 10.5 Å². The summed E-state index contributed by atoms with van der Waals surface area (Å²) in [5.41, 5.74) is 6.16. The van der Waals surface area contributed by atoms with Crippen molar-refractivity contribution >= 4 is 0 Å². The molecule has 14 heavy (non-hydrogen) atoms. The van der Waals surface area contributed by atoms with Crippen molar-refractivity contribution in [3.63, 3.8) is 0 Å². The highest BCUT2D eigenvalue weighted by Gasteiger charge is 1.94. The predicted molar refractivity (Wildman–Crippen MR) is 54.7 cm³/mol. The van der Waals surface area contributed by atoms with Crippen LogP contribution in [0.3, 0.4) is 0 Å². The van der Waals surface area contributed by atoms with E-state index in [-0.39, 0.29) is 0 Å². The first-order valence-electron chi connectivity index (χ1n) is 4.66. The van der Waals surface area contributed by atoms with Crippen LogP contribution in [0.1, 0.15) is 12.5 Å². The summed E-state index contributed by atoms with van der Waals surface area (Å²) < 4.78 is 7.03. The third-order valence-electron chi connectivity index (χ3n) is 1.64. The number of nitrogens with two attached hydrogens (primary N) is 1. The van der Waals surface area contributed by atoms with Crippen molar-refractivity contribution in [1.29, 1.82) is 0 Å². The highest BCUT2D eigenvalue weighted by Crippen LogP contribution is 1.94. The number of hydrogen-bond acceptors (Lipinski definition) is 3. The molecule has 0 fully saturated rings. The lowest BCUT2D eigenvalue weighted by Crippen LogP contribution is -2.05. The normalized spacial score (nSPS) is 9.57. The lowest BCUT2D eigenvalue weighted by atomic mass is 10.4. The molecule has 0 aliphatic rings. The van der Waals surface area contributed by atoms with Crippen molar-refractivity contribution in [3.8, 4) is 11.8 Å². The molecule has 0 saturated heterocycles. The zero-order valence-corrected chi connectivity index (χ0v) is 8.36.